The summed E-state index contributed by atoms with van der Waals surface area (Å²) < 4.78 is 5.27. The lowest BCUT2D eigenvalue weighted by Gasteiger charge is -2.15. The van der Waals surface area contributed by atoms with Gasteiger partial charge in [0.25, 0.3) is 0 Å². The fourth-order valence-corrected chi connectivity index (χ4v) is 2.23. The molecule has 0 unspecified atom stereocenters. The van der Waals surface area contributed by atoms with Crippen LogP contribution in [-0.4, -0.2) is 13.7 Å². The van der Waals surface area contributed by atoms with Crippen LogP contribution in [0.25, 0.3) is 6.08 Å². The Bertz CT molecular complexity index is 590. The summed E-state index contributed by atoms with van der Waals surface area (Å²) in [7, 11) is 1.70. The van der Waals surface area contributed by atoms with Gasteiger partial charge in [0, 0.05) is 12.6 Å². The molecule has 0 radical (unpaired) electrons. The van der Waals surface area contributed by atoms with Crippen LogP contribution in [0, 0.1) is 0 Å². The van der Waals surface area contributed by atoms with E-state index in [-0.39, 0.29) is 0 Å². The van der Waals surface area contributed by atoms with Crippen LogP contribution >= 0.6 is 0 Å². The topological polar surface area (TPSA) is 21.3 Å². The predicted molar refractivity (Wildman–Crippen MR) is 89.5 cm³/mol. The zero-order valence-electron chi connectivity index (χ0n) is 13.0. The Morgan fingerprint density at radius 1 is 1.14 bits per heavy atom. The molecule has 2 rings (SSSR count). The van der Waals surface area contributed by atoms with Crippen LogP contribution < -0.4 is 10.1 Å². The number of methoxy groups -OCH3 is 1. The second kappa shape index (κ2) is 7.65. The van der Waals surface area contributed by atoms with E-state index in [0.717, 1.165) is 12.3 Å². The minimum Gasteiger partial charge on any atom is -0.497 e. The first-order chi connectivity index (χ1) is 10.2. The molecule has 2 heteroatoms. The Hall–Kier alpha value is -2.06. The van der Waals surface area contributed by atoms with E-state index in [9.17, 15) is 0 Å². The maximum Gasteiger partial charge on any atom is 0.119 e. The fraction of sp³-hybridized carbons (Fsp3) is 0.263. The number of ether oxygens (including phenoxy) is 1. The van der Waals surface area contributed by atoms with Crippen molar-refractivity contribution in [3.63, 3.8) is 0 Å². The maximum absolute atomic E-state index is 5.27. The largest absolute Gasteiger partial charge is 0.497 e. The molecular weight excluding hydrogens is 258 g/mol. The van der Waals surface area contributed by atoms with E-state index in [2.05, 4.69) is 61.6 Å². The fourth-order valence-electron chi connectivity index (χ4n) is 2.23. The van der Waals surface area contributed by atoms with Crippen LogP contribution in [0.15, 0.2) is 60.2 Å². The molecule has 0 aliphatic heterocycles. The minimum atomic E-state index is 0.291. The average molecular weight is 281 g/mol. The van der Waals surface area contributed by atoms with Crippen molar-refractivity contribution < 1.29 is 4.74 Å². The molecule has 0 saturated carbocycles. The molecule has 0 aromatic heterocycles. The molecule has 2 nitrogen and oxygen atoms in total. The van der Waals surface area contributed by atoms with Gasteiger partial charge in [-0.1, -0.05) is 54.1 Å². The number of benzene rings is 2. The molecular formula is C19H23NO. The van der Waals surface area contributed by atoms with E-state index in [1.54, 1.807) is 7.11 Å². The van der Waals surface area contributed by atoms with Gasteiger partial charge in [-0.25, -0.2) is 0 Å². The predicted octanol–water partition coefficient (Wildman–Crippen LogP) is 4.45. The Morgan fingerprint density at radius 2 is 1.90 bits per heavy atom. The standard InChI is InChI=1S/C19H23NO/c1-15(12-17-8-5-4-6-9-17)14-20-16(2)18-10-7-11-19(13-18)21-3/h4-13,16,20H,14H2,1-3H3/b15-12+/t16-/m1/s1. The van der Waals surface area contributed by atoms with Gasteiger partial charge >= 0.3 is 0 Å². The highest BCUT2D eigenvalue weighted by Gasteiger charge is 2.05. The van der Waals surface area contributed by atoms with Crippen LogP contribution in [0.5, 0.6) is 5.75 Å². The highest BCUT2D eigenvalue weighted by Crippen LogP contribution is 2.19. The molecule has 110 valence electrons. The van der Waals surface area contributed by atoms with Crippen LogP contribution in [0.2, 0.25) is 0 Å². The molecule has 0 saturated heterocycles. The normalized spacial score (nSPS) is 13.0. The molecule has 0 aliphatic rings. The smallest absolute Gasteiger partial charge is 0.119 e. The Labute approximate surface area is 127 Å². The van der Waals surface area contributed by atoms with Crippen LogP contribution in [-0.2, 0) is 0 Å². The third-order valence-electron chi connectivity index (χ3n) is 3.49. The Balaban J connectivity index is 1.94. The summed E-state index contributed by atoms with van der Waals surface area (Å²) in [5.74, 6) is 0.901. The van der Waals surface area contributed by atoms with Crippen LogP contribution in [0.4, 0.5) is 0 Å². The Morgan fingerprint density at radius 3 is 2.62 bits per heavy atom. The molecule has 0 heterocycles. The lowest BCUT2D eigenvalue weighted by molar-refractivity contribution is 0.413. The first-order valence-corrected chi connectivity index (χ1v) is 7.28. The number of nitrogens with one attached hydrogen (secondary N) is 1. The third kappa shape index (κ3) is 4.76. The summed E-state index contributed by atoms with van der Waals surface area (Å²) in [4.78, 5) is 0. The van der Waals surface area contributed by atoms with Crippen molar-refractivity contribution in [2.45, 2.75) is 19.9 Å². The monoisotopic (exact) mass is 281 g/mol. The lowest BCUT2D eigenvalue weighted by Crippen LogP contribution is -2.20. The molecule has 0 fully saturated rings. The van der Waals surface area contributed by atoms with Gasteiger partial charge in [-0.3, -0.25) is 0 Å². The first kappa shape index (κ1) is 15.3. The number of rotatable bonds is 6. The molecule has 0 aliphatic carbocycles. The molecule has 0 spiro atoms. The highest BCUT2D eigenvalue weighted by molar-refractivity contribution is 5.52. The van der Waals surface area contributed by atoms with E-state index in [1.165, 1.54) is 16.7 Å². The lowest BCUT2D eigenvalue weighted by atomic mass is 10.1. The zero-order chi connectivity index (χ0) is 15.1. The molecule has 0 bridgehead atoms. The summed E-state index contributed by atoms with van der Waals surface area (Å²) in [6.07, 6.45) is 2.21. The molecule has 2 aromatic rings. The number of hydrogen-bond acceptors (Lipinski definition) is 2. The molecule has 2 aromatic carbocycles. The minimum absolute atomic E-state index is 0.291. The van der Waals surface area contributed by atoms with E-state index in [4.69, 9.17) is 4.74 Å². The Kier molecular flexibility index (Phi) is 5.59. The zero-order valence-corrected chi connectivity index (χ0v) is 13.0. The SMILES string of the molecule is COc1cccc([C@@H](C)NC/C(C)=C/c2ccccc2)c1. The van der Waals surface area contributed by atoms with Crippen LogP contribution in [0.1, 0.15) is 31.0 Å². The van der Waals surface area contributed by atoms with Crippen molar-refractivity contribution in [1.82, 2.24) is 5.32 Å². The van der Waals surface area contributed by atoms with Crippen molar-refractivity contribution in [3.05, 3.63) is 71.3 Å². The van der Waals surface area contributed by atoms with Gasteiger partial charge in [0.1, 0.15) is 5.75 Å². The average Bonchev–Trinajstić information content (AvgIpc) is 2.53. The van der Waals surface area contributed by atoms with Gasteiger partial charge in [0.05, 0.1) is 7.11 Å². The van der Waals surface area contributed by atoms with E-state index in [1.807, 2.05) is 18.2 Å². The van der Waals surface area contributed by atoms with E-state index < -0.39 is 0 Å². The molecule has 0 amide bonds. The van der Waals surface area contributed by atoms with Gasteiger partial charge in [0.15, 0.2) is 0 Å². The summed E-state index contributed by atoms with van der Waals surface area (Å²) in [6.45, 7) is 5.19. The summed E-state index contributed by atoms with van der Waals surface area (Å²) in [5.41, 5.74) is 3.80. The van der Waals surface area contributed by atoms with E-state index >= 15 is 0 Å². The van der Waals surface area contributed by atoms with Gasteiger partial charge < -0.3 is 10.1 Å². The molecule has 1 N–H and O–H groups in total. The van der Waals surface area contributed by atoms with Crippen LogP contribution in [0.3, 0.4) is 0 Å². The summed E-state index contributed by atoms with van der Waals surface area (Å²) in [5, 5.41) is 3.55. The molecule has 1 atom stereocenters. The second-order valence-corrected chi connectivity index (χ2v) is 5.28. The van der Waals surface area contributed by atoms with Gasteiger partial charge in [-0.2, -0.15) is 0 Å². The summed E-state index contributed by atoms with van der Waals surface area (Å²) in [6, 6.07) is 18.9. The summed E-state index contributed by atoms with van der Waals surface area (Å²) >= 11 is 0. The first-order valence-electron chi connectivity index (χ1n) is 7.28. The maximum atomic E-state index is 5.27. The van der Waals surface area contributed by atoms with Gasteiger partial charge in [-0.15, -0.1) is 0 Å². The van der Waals surface area contributed by atoms with E-state index in [0.29, 0.717) is 6.04 Å². The highest BCUT2D eigenvalue weighted by atomic mass is 16.5. The van der Waals surface area contributed by atoms with Crippen molar-refractivity contribution >= 4 is 6.08 Å². The second-order valence-electron chi connectivity index (χ2n) is 5.28. The van der Waals surface area contributed by atoms with Gasteiger partial charge in [-0.05, 0) is 37.1 Å². The molecule has 21 heavy (non-hydrogen) atoms. The number of hydrogen-bond donors (Lipinski definition) is 1. The van der Waals surface area contributed by atoms with Crippen molar-refractivity contribution in [2.24, 2.45) is 0 Å². The quantitative estimate of drug-likeness (QED) is 0.844. The van der Waals surface area contributed by atoms with Crippen molar-refractivity contribution in [3.8, 4) is 5.75 Å². The van der Waals surface area contributed by atoms with Crippen molar-refractivity contribution in [2.75, 3.05) is 13.7 Å². The third-order valence-corrected chi connectivity index (χ3v) is 3.49. The van der Waals surface area contributed by atoms with Gasteiger partial charge in [0.2, 0.25) is 0 Å². The van der Waals surface area contributed by atoms with Crippen molar-refractivity contribution in [1.29, 1.82) is 0 Å².